The van der Waals surface area contributed by atoms with Crippen LogP contribution in [-0.4, -0.2) is 50.9 Å². The lowest BCUT2D eigenvalue weighted by atomic mass is 9.97. The molecule has 0 radical (unpaired) electrons. The van der Waals surface area contributed by atoms with Gasteiger partial charge in [0, 0.05) is 33.1 Å². The number of nitrogens with one attached hydrogen (secondary N) is 1. The molecule has 4 nitrogen and oxygen atoms in total. The van der Waals surface area contributed by atoms with Crippen molar-refractivity contribution in [3.05, 3.63) is 0 Å². The van der Waals surface area contributed by atoms with Gasteiger partial charge >= 0.3 is 0 Å². The summed E-state index contributed by atoms with van der Waals surface area (Å²) in [4.78, 5) is 4.52. The van der Waals surface area contributed by atoms with Crippen LogP contribution in [0.5, 0.6) is 0 Å². The van der Waals surface area contributed by atoms with E-state index in [0.29, 0.717) is 12.0 Å². The van der Waals surface area contributed by atoms with Gasteiger partial charge in [-0.3, -0.25) is 4.99 Å². The van der Waals surface area contributed by atoms with E-state index in [0.717, 1.165) is 24.0 Å². The SMILES string of the molecule is COCC(CNC1=NCC(C)(C)CS1)OC. The first-order valence-corrected chi connectivity index (χ1v) is 6.49. The predicted octanol–water partition coefficient (Wildman–Crippen LogP) is 1.37. The zero-order chi connectivity index (χ0) is 12.0. The lowest BCUT2D eigenvalue weighted by Crippen LogP contribution is -2.37. The van der Waals surface area contributed by atoms with Crippen LogP contribution in [0.25, 0.3) is 0 Å². The molecule has 0 aromatic rings. The highest BCUT2D eigenvalue weighted by Crippen LogP contribution is 2.26. The molecule has 1 N–H and O–H groups in total. The van der Waals surface area contributed by atoms with Gasteiger partial charge < -0.3 is 14.8 Å². The molecular weight excluding hydrogens is 224 g/mol. The van der Waals surface area contributed by atoms with Gasteiger partial charge in [0.1, 0.15) is 0 Å². The van der Waals surface area contributed by atoms with E-state index in [2.05, 4.69) is 24.2 Å². The molecule has 1 rings (SSSR count). The molecule has 0 fully saturated rings. The number of hydrogen-bond donors (Lipinski definition) is 1. The average molecular weight is 246 g/mol. The number of rotatable bonds is 5. The van der Waals surface area contributed by atoms with Crippen molar-refractivity contribution in [2.45, 2.75) is 20.0 Å². The van der Waals surface area contributed by atoms with Crippen LogP contribution >= 0.6 is 11.8 Å². The van der Waals surface area contributed by atoms with Gasteiger partial charge in [-0.15, -0.1) is 0 Å². The molecule has 16 heavy (non-hydrogen) atoms. The summed E-state index contributed by atoms with van der Waals surface area (Å²) in [6, 6.07) is 0. The van der Waals surface area contributed by atoms with Crippen LogP contribution in [0.1, 0.15) is 13.8 Å². The maximum Gasteiger partial charge on any atom is 0.156 e. The van der Waals surface area contributed by atoms with E-state index in [1.807, 2.05) is 0 Å². The van der Waals surface area contributed by atoms with Crippen molar-refractivity contribution in [2.75, 3.05) is 39.7 Å². The van der Waals surface area contributed by atoms with Crippen molar-refractivity contribution in [1.29, 1.82) is 0 Å². The Labute approximate surface area is 102 Å². The Hall–Kier alpha value is -0.260. The molecular formula is C11H22N2O2S. The molecule has 0 bridgehead atoms. The molecule has 94 valence electrons. The van der Waals surface area contributed by atoms with Gasteiger partial charge in [-0.05, 0) is 5.41 Å². The standard InChI is InChI=1S/C11H22N2O2S/c1-11(2)7-13-10(16-8-11)12-5-9(15-4)6-14-3/h9H,5-8H2,1-4H3,(H,12,13). The van der Waals surface area contributed by atoms with Crippen molar-refractivity contribution < 1.29 is 9.47 Å². The zero-order valence-corrected chi connectivity index (χ0v) is 11.4. The van der Waals surface area contributed by atoms with Crippen LogP contribution in [0.3, 0.4) is 0 Å². The minimum Gasteiger partial charge on any atom is -0.382 e. The first-order chi connectivity index (χ1) is 7.57. The van der Waals surface area contributed by atoms with Crippen LogP contribution in [0.15, 0.2) is 4.99 Å². The van der Waals surface area contributed by atoms with Crippen LogP contribution in [-0.2, 0) is 9.47 Å². The summed E-state index contributed by atoms with van der Waals surface area (Å²) in [5.41, 5.74) is 0.322. The molecule has 1 aliphatic rings. The molecule has 0 aromatic carbocycles. The zero-order valence-electron chi connectivity index (χ0n) is 10.6. The molecule has 1 heterocycles. The highest BCUT2D eigenvalue weighted by Gasteiger charge is 2.23. The van der Waals surface area contributed by atoms with Gasteiger partial charge in [-0.2, -0.15) is 0 Å². The third kappa shape index (κ3) is 4.72. The fourth-order valence-electron chi connectivity index (χ4n) is 1.35. The fourth-order valence-corrected chi connectivity index (χ4v) is 2.31. The van der Waals surface area contributed by atoms with Crippen molar-refractivity contribution in [3.63, 3.8) is 0 Å². The Morgan fingerprint density at radius 2 is 2.25 bits per heavy atom. The van der Waals surface area contributed by atoms with Crippen molar-refractivity contribution >= 4 is 16.9 Å². The van der Waals surface area contributed by atoms with E-state index < -0.39 is 0 Å². The normalized spacial score (nSPS) is 21.4. The minimum atomic E-state index is 0.0863. The van der Waals surface area contributed by atoms with Gasteiger partial charge in [0.25, 0.3) is 0 Å². The van der Waals surface area contributed by atoms with Gasteiger partial charge in [0.2, 0.25) is 0 Å². The molecule has 1 aliphatic heterocycles. The molecule has 1 unspecified atom stereocenters. The number of amidine groups is 1. The maximum atomic E-state index is 5.27. The van der Waals surface area contributed by atoms with E-state index in [4.69, 9.17) is 9.47 Å². The Balaban J connectivity index is 2.30. The first-order valence-electron chi connectivity index (χ1n) is 5.50. The van der Waals surface area contributed by atoms with Crippen molar-refractivity contribution in [2.24, 2.45) is 10.4 Å². The molecule has 0 spiro atoms. The second-order valence-corrected chi connectivity index (χ2v) is 5.73. The molecule has 0 saturated carbocycles. The van der Waals surface area contributed by atoms with Crippen LogP contribution < -0.4 is 5.32 Å². The molecule has 5 heteroatoms. The summed E-state index contributed by atoms with van der Waals surface area (Å²) in [6.07, 6.45) is 0.0863. The Morgan fingerprint density at radius 3 is 2.75 bits per heavy atom. The number of methoxy groups -OCH3 is 2. The third-order valence-electron chi connectivity index (χ3n) is 2.42. The van der Waals surface area contributed by atoms with E-state index in [-0.39, 0.29) is 6.10 Å². The van der Waals surface area contributed by atoms with Gasteiger partial charge in [0.05, 0.1) is 12.7 Å². The maximum absolute atomic E-state index is 5.27. The smallest absolute Gasteiger partial charge is 0.156 e. The summed E-state index contributed by atoms with van der Waals surface area (Å²) in [5.74, 6) is 1.11. The molecule has 1 atom stereocenters. The first kappa shape index (κ1) is 13.8. The largest absolute Gasteiger partial charge is 0.382 e. The Kier molecular flexibility index (Phi) is 5.58. The second kappa shape index (κ2) is 6.47. The Bertz CT molecular complexity index is 244. The van der Waals surface area contributed by atoms with Crippen LogP contribution in [0.2, 0.25) is 0 Å². The van der Waals surface area contributed by atoms with Gasteiger partial charge in [-0.1, -0.05) is 25.6 Å². The molecule has 0 aromatic heterocycles. The number of thioether (sulfide) groups is 1. The van der Waals surface area contributed by atoms with Crippen molar-refractivity contribution in [3.8, 4) is 0 Å². The topological polar surface area (TPSA) is 42.8 Å². The quantitative estimate of drug-likeness (QED) is 0.795. The lowest BCUT2D eigenvalue weighted by molar-refractivity contribution is 0.0316. The number of nitrogens with zero attached hydrogens (tertiary/aromatic N) is 1. The van der Waals surface area contributed by atoms with E-state index in [1.54, 1.807) is 26.0 Å². The monoisotopic (exact) mass is 246 g/mol. The summed E-state index contributed by atoms with van der Waals surface area (Å²) < 4.78 is 10.3. The lowest BCUT2D eigenvalue weighted by Gasteiger charge is -2.27. The third-order valence-corrected chi connectivity index (χ3v) is 3.89. The predicted molar refractivity (Wildman–Crippen MR) is 69.2 cm³/mol. The summed E-state index contributed by atoms with van der Waals surface area (Å²) in [7, 11) is 3.38. The second-order valence-electron chi connectivity index (χ2n) is 4.77. The van der Waals surface area contributed by atoms with Crippen molar-refractivity contribution in [1.82, 2.24) is 5.32 Å². The highest BCUT2D eigenvalue weighted by atomic mass is 32.2. The van der Waals surface area contributed by atoms with Crippen LogP contribution in [0, 0.1) is 5.41 Å². The summed E-state index contributed by atoms with van der Waals surface area (Å²) in [6.45, 7) is 6.72. The minimum absolute atomic E-state index is 0.0863. The van der Waals surface area contributed by atoms with Crippen LogP contribution in [0.4, 0.5) is 0 Å². The highest BCUT2D eigenvalue weighted by molar-refractivity contribution is 8.13. The molecule has 0 amide bonds. The Morgan fingerprint density at radius 1 is 1.50 bits per heavy atom. The van der Waals surface area contributed by atoms with Gasteiger partial charge in [-0.25, -0.2) is 0 Å². The average Bonchev–Trinajstić information content (AvgIpc) is 2.26. The summed E-state index contributed by atoms with van der Waals surface area (Å²) in [5, 5.41) is 4.33. The molecule has 0 aliphatic carbocycles. The number of hydrogen-bond acceptors (Lipinski definition) is 5. The number of ether oxygens (including phenoxy) is 2. The van der Waals surface area contributed by atoms with Gasteiger partial charge in [0.15, 0.2) is 5.17 Å². The fraction of sp³-hybridized carbons (Fsp3) is 0.909. The summed E-state index contributed by atoms with van der Waals surface area (Å²) >= 11 is 1.78. The van der Waals surface area contributed by atoms with E-state index >= 15 is 0 Å². The van der Waals surface area contributed by atoms with E-state index in [1.165, 1.54) is 0 Å². The molecule has 0 saturated heterocycles. The number of aliphatic imine (C=N–C) groups is 1. The van der Waals surface area contributed by atoms with E-state index in [9.17, 15) is 0 Å².